The summed E-state index contributed by atoms with van der Waals surface area (Å²) in [5, 5.41) is 9.71. The van der Waals surface area contributed by atoms with Crippen LogP contribution in [0.25, 0.3) is 0 Å². The van der Waals surface area contributed by atoms with E-state index in [0.717, 1.165) is 0 Å². The average molecular weight is 257 g/mol. The average Bonchev–Trinajstić information content (AvgIpc) is 2.71. The second-order valence-electron chi connectivity index (χ2n) is 3.52. The first-order chi connectivity index (χ1) is 8.11. The van der Waals surface area contributed by atoms with Gasteiger partial charge in [-0.2, -0.15) is 9.49 Å². The number of aromatic amines is 1. The van der Waals surface area contributed by atoms with Crippen LogP contribution in [0, 0.1) is 5.95 Å². The topological polar surface area (TPSA) is 63.6 Å². The fourth-order valence-corrected chi connectivity index (χ4v) is 1.84. The van der Waals surface area contributed by atoms with E-state index in [1.165, 1.54) is 23.0 Å². The van der Waals surface area contributed by atoms with Gasteiger partial charge in [-0.1, -0.05) is 18.5 Å². The lowest BCUT2D eigenvalue weighted by atomic mass is 10.1. The van der Waals surface area contributed by atoms with Crippen LogP contribution in [-0.2, 0) is 0 Å². The van der Waals surface area contributed by atoms with Crippen LogP contribution in [0.3, 0.4) is 0 Å². The molecule has 0 bridgehead atoms. The molecule has 1 N–H and O–H groups in total. The van der Waals surface area contributed by atoms with Crippen molar-refractivity contribution in [3.63, 3.8) is 0 Å². The van der Waals surface area contributed by atoms with E-state index in [1.807, 2.05) is 6.92 Å². The summed E-state index contributed by atoms with van der Waals surface area (Å²) in [6.07, 6.45) is 2.07. The number of hydrogen-bond acceptors (Lipinski definition) is 3. The van der Waals surface area contributed by atoms with Crippen LogP contribution >= 0.6 is 11.6 Å². The molecule has 0 unspecified atom stereocenters. The molecular formula is C10H10ClFN4O. The summed E-state index contributed by atoms with van der Waals surface area (Å²) in [6, 6.07) is 2.34. The lowest BCUT2D eigenvalue weighted by molar-refractivity contribution is 0.465. The Bertz CT molecular complexity index is 580. The molecule has 0 aromatic carbocycles. The second-order valence-corrected chi connectivity index (χ2v) is 3.90. The Morgan fingerprint density at radius 3 is 3.00 bits per heavy atom. The molecule has 0 amide bonds. The van der Waals surface area contributed by atoms with Gasteiger partial charge in [0.15, 0.2) is 0 Å². The van der Waals surface area contributed by atoms with Gasteiger partial charge in [0.1, 0.15) is 5.15 Å². The van der Waals surface area contributed by atoms with Gasteiger partial charge in [0.2, 0.25) is 5.95 Å². The first-order valence-corrected chi connectivity index (χ1v) is 5.45. The van der Waals surface area contributed by atoms with Crippen LogP contribution in [0.15, 0.2) is 23.1 Å². The minimum atomic E-state index is -0.583. The molecule has 5 nitrogen and oxygen atoms in total. The van der Waals surface area contributed by atoms with Gasteiger partial charge in [0.05, 0.1) is 6.04 Å². The normalized spacial score (nSPS) is 12.6. The molecule has 90 valence electrons. The maximum absolute atomic E-state index is 12.9. The summed E-state index contributed by atoms with van der Waals surface area (Å²) in [7, 11) is 0. The molecule has 0 spiro atoms. The van der Waals surface area contributed by atoms with Crippen molar-refractivity contribution in [3.8, 4) is 0 Å². The van der Waals surface area contributed by atoms with E-state index >= 15 is 0 Å². The number of H-pyrrole nitrogens is 1. The number of aromatic nitrogens is 4. The van der Waals surface area contributed by atoms with E-state index < -0.39 is 5.95 Å². The smallest absolute Gasteiger partial charge is 0.268 e. The van der Waals surface area contributed by atoms with Crippen molar-refractivity contribution >= 4 is 11.6 Å². The largest absolute Gasteiger partial charge is 0.269 e. The minimum absolute atomic E-state index is 0.186. The van der Waals surface area contributed by atoms with Crippen molar-refractivity contribution in [2.45, 2.75) is 19.4 Å². The standard InChI is InChI=1S/C10H10ClFN4O/c1-2-7(16-4-3-9(12)15-16)6-5-8(11)13-14-10(6)17/h3-5,7H,2H2,1H3,(H,14,17)/t7-/m0/s1. The molecule has 0 radical (unpaired) electrons. The molecule has 17 heavy (non-hydrogen) atoms. The van der Waals surface area contributed by atoms with Gasteiger partial charge in [0.25, 0.3) is 5.56 Å². The lowest BCUT2D eigenvalue weighted by Crippen LogP contribution is -2.22. The van der Waals surface area contributed by atoms with Crippen LogP contribution in [0.5, 0.6) is 0 Å². The SMILES string of the molecule is CC[C@@H](c1cc(Cl)n[nH]c1=O)n1ccc(F)n1. The molecule has 0 aliphatic heterocycles. The zero-order valence-electron chi connectivity index (χ0n) is 9.02. The Morgan fingerprint density at radius 1 is 1.65 bits per heavy atom. The summed E-state index contributed by atoms with van der Waals surface area (Å²) >= 11 is 5.73. The van der Waals surface area contributed by atoms with Gasteiger partial charge in [-0.25, -0.2) is 5.10 Å². The highest BCUT2D eigenvalue weighted by atomic mass is 35.5. The van der Waals surface area contributed by atoms with Gasteiger partial charge < -0.3 is 0 Å². The van der Waals surface area contributed by atoms with Crippen LogP contribution in [0.1, 0.15) is 24.9 Å². The zero-order chi connectivity index (χ0) is 12.4. The minimum Gasteiger partial charge on any atom is -0.268 e. The molecule has 0 saturated heterocycles. The van der Waals surface area contributed by atoms with Gasteiger partial charge in [-0.3, -0.25) is 9.48 Å². The van der Waals surface area contributed by atoms with Crippen molar-refractivity contribution in [3.05, 3.63) is 45.3 Å². The van der Waals surface area contributed by atoms with E-state index in [0.29, 0.717) is 12.0 Å². The van der Waals surface area contributed by atoms with E-state index in [4.69, 9.17) is 11.6 Å². The fourth-order valence-electron chi connectivity index (χ4n) is 1.68. The monoisotopic (exact) mass is 256 g/mol. The van der Waals surface area contributed by atoms with E-state index in [9.17, 15) is 9.18 Å². The van der Waals surface area contributed by atoms with Crippen LogP contribution in [0.2, 0.25) is 5.15 Å². The summed E-state index contributed by atoms with van der Waals surface area (Å²) in [5.74, 6) is -0.583. The molecule has 2 aromatic rings. The summed E-state index contributed by atoms with van der Waals surface area (Å²) in [6.45, 7) is 1.87. The summed E-state index contributed by atoms with van der Waals surface area (Å²) < 4.78 is 14.3. The van der Waals surface area contributed by atoms with Gasteiger partial charge >= 0.3 is 0 Å². The number of hydrogen-bond donors (Lipinski definition) is 1. The Morgan fingerprint density at radius 2 is 2.41 bits per heavy atom. The van der Waals surface area contributed by atoms with Crippen molar-refractivity contribution in [1.29, 1.82) is 0 Å². The summed E-state index contributed by atoms with van der Waals surface area (Å²) in [5.41, 5.74) is 0.0627. The third kappa shape index (κ3) is 2.36. The first-order valence-electron chi connectivity index (χ1n) is 5.07. The Labute approximate surface area is 101 Å². The van der Waals surface area contributed by atoms with E-state index in [2.05, 4.69) is 15.3 Å². The van der Waals surface area contributed by atoms with Crippen molar-refractivity contribution in [1.82, 2.24) is 20.0 Å². The highest BCUT2D eigenvalue weighted by molar-refractivity contribution is 6.29. The first kappa shape index (κ1) is 11.8. The van der Waals surface area contributed by atoms with Crippen LogP contribution < -0.4 is 5.56 Å². The highest BCUT2D eigenvalue weighted by Gasteiger charge is 2.17. The molecule has 7 heteroatoms. The predicted octanol–water partition coefficient (Wildman–Crippen LogP) is 1.76. The number of halogens is 2. The number of rotatable bonds is 3. The quantitative estimate of drug-likeness (QED) is 0.910. The Hall–Kier alpha value is -1.69. The maximum Gasteiger partial charge on any atom is 0.269 e. The Kier molecular flexibility index (Phi) is 3.23. The molecule has 2 rings (SSSR count). The fraction of sp³-hybridized carbons (Fsp3) is 0.300. The lowest BCUT2D eigenvalue weighted by Gasteiger charge is -2.14. The van der Waals surface area contributed by atoms with E-state index in [-0.39, 0.29) is 16.8 Å². The third-order valence-electron chi connectivity index (χ3n) is 2.44. The van der Waals surface area contributed by atoms with Gasteiger partial charge in [-0.15, -0.1) is 5.10 Å². The molecule has 2 aromatic heterocycles. The second kappa shape index (κ2) is 4.67. The number of nitrogens with zero attached hydrogens (tertiary/aromatic N) is 3. The van der Waals surface area contributed by atoms with Gasteiger partial charge in [0, 0.05) is 17.8 Å². The van der Waals surface area contributed by atoms with E-state index in [1.54, 1.807) is 0 Å². The Balaban J connectivity index is 2.49. The van der Waals surface area contributed by atoms with Crippen LogP contribution in [0.4, 0.5) is 4.39 Å². The molecule has 1 atom stereocenters. The van der Waals surface area contributed by atoms with Crippen molar-refractivity contribution < 1.29 is 4.39 Å². The highest BCUT2D eigenvalue weighted by Crippen LogP contribution is 2.19. The van der Waals surface area contributed by atoms with Crippen molar-refractivity contribution in [2.24, 2.45) is 0 Å². The molecular weight excluding hydrogens is 247 g/mol. The molecule has 0 fully saturated rings. The molecule has 0 saturated carbocycles. The van der Waals surface area contributed by atoms with Gasteiger partial charge in [-0.05, 0) is 12.5 Å². The van der Waals surface area contributed by atoms with Crippen molar-refractivity contribution in [2.75, 3.05) is 0 Å². The molecule has 2 heterocycles. The number of nitrogens with one attached hydrogen (secondary N) is 1. The predicted molar refractivity (Wildman–Crippen MR) is 60.5 cm³/mol. The zero-order valence-corrected chi connectivity index (χ0v) is 9.78. The molecule has 0 aliphatic rings. The molecule has 0 aliphatic carbocycles. The third-order valence-corrected chi connectivity index (χ3v) is 2.64. The maximum atomic E-state index is 12.9. The summed E-state index contributed by atoms with van der Waals surface area (Å²) in [4.78, 5) is 11.6. The van der Waals surface area contributed by atoms with Crippen LogP contribution in [-0.4, -0.2) is 20.0 Å².